The first kappa shape index (κ1) is 23.9. The van der Waals surface area contributed by atoms with Gasteiger partial charge in [-0.15, -0.1) is 21.5 Å². The van der Waals surface area contributed by atoms with Crippen LogP contribution in [0.5, 0.6) is 0 Å². The Kier molecular flexibility index (Phi) is 6.98. The van der Waals surface area contributed by atoms with Gasteiger partial charge in [-0.1, -0.05) is 17.8 Å². The van der Waals surface area contributed by atoms with E-state index in [-0.39, 0.29) is 17.6 Å². The van der Waals surface area contributed by atoms with Crippen molar-refractivity contribution in [1.29, 1.82) is 0 Å². The molecular formula is C22H19F3N6OS2. The van der Waals surface area contributed by atoms with E-state index >= 15 is 0 Å². The van der Waals surface area contributed by atoms with Crippen molar-refractivity contribution in [3.63, 3.8) is 0 Å². The molecule has 0 radical (unpaired) electrons. The molecule has 12 heteroatoms. The molecule has 0 bridgehead atoms. The van der Waals surface area contributed by atoms with Crippen LogP contribution in [0.2, 0.25) is 0 Å². The summed E-state index contributed by atoms with van der Waals surface area (Å²) >= 11 is 2.60. The lowest BCUT2D eigenvalue weighted by atomic mass is 10.2. The monoisotopic (exact) mass is 504 g/mol. The Morgan fingerprint density at radius 2 is 1.94 bits per heavy atom. The summed E-state index contributed by atoms with van der Waals surface area (Å²) in [5.41, 5.74) is 0.501. The lowest BCUT2D eigenvalue weighted by molar-refractivity contribution is -0.137. The van der Waals surface area contributed by atoms with E-state index in [0.717, 1.165) is 12.1 Å². The molecule has 0 spiro atoms. The number of hydrogen-bond acceptors (Lipinski definition) is 7. The number of halogens is 3. The SMILES string of the molecule is CC(C)NC(=O)c1csc(CSc2nnc(-c3ccncc3)n2-c2cccc(C(F)(F)F)c2)n1. The molecule has 1 aromatic carbocycles. The number of nitrogens with zero attached hydrogens (tertiary/aromatic N) is 5. The van der Waals surface area contributed by atoms with Gasteiger partial charge in [0, 0.05) is 29.4 Å². The lowest BCUT2D eigenvalue weighted by Gasteiger charge is -2.13. The van der Waals surface area contributed by atoms with Gasteiger partial charge in [-0.2, -0.15) is 13.2 Å². The van der Waals surface area contributed by atoms with Crippen LogP contribution >= 0.6 is 23.1 Å². The van der Waals surface area contributed by atoms with Crippen molar-refractivity contribution in [3.05, 3.63) is 70.4 Å². The fourth-order valence-corrected chi connectivity index (χ4v) is 4.79. The number of aromatic nitrogens is 5. The smallest absolute Gasteiger partial charge is 0.349 e. The van der Waals surface area contributed by atoms with Crippen LogP contribution in [0.4, 0.5) is 13.2 Å². The van der Waals surface area contributed by atoms with Gasteiger partial charge in [-0.25, -0.2) is 4.98 Å². The fraction of sp³-hybridized carbons (Fsp3) is 0.227. The molecule has 1 N–H and O–H groups in total. The molecule has 4 rings (SSSR count). The molecule has 4 aromatic rings. The molecule has 0 aliphatic rings. The highest BCUT2D eigenvalue weighted by atomic mass is 32.2. The number of thioether (sulfide) groups is 1. The molecular weight excluding hydrogens is 485 g/mol. The zero-order valence-electron chi connectivity index (χ0n) is 18.1. The minimum atomic E-state index is -4.48. The molecule has 3 aromatic heterocycles. The number of nitrogens with one attached hydrogen (secondary N) is 1. The van der Waals surface area contributed by atoms with Gasteiger partial charge in [-0.05, 0) is 44.2 Å². The van der Waals surface area contributed by atoms with Crippen molar-refractivity contribution in [2.24, 2.45) is 0 Å². The van der Waals surface area contributed by atoms with E-state index in [4.69, 9.17) is 0 Å². The van der Waals surface area contributed by atoms with Crippen molar-refractivity contribution in [2.75, 3.05) is 0 Å². The van der Waals surface area contributed by atoms with E-state index in [1.165, 1.54) is 29.2 Å². The maximum atomic E-state index is 13.4. The zero-order chi connectivity index (χ0) is 24.3. The highest BCUT2D eigenvalue weighted by molar-refractivity contribution is 7.98. The number of alkyl halides is 3. The Labute approximate surface area is 201 Å². The minimum Gasteiger partial charge on any atom is -0.349 e. The van der Waals surface area contributed by atoms with Crippen LogP contribution in [0, 0.1) is 0 Å². The van der Waals surface area contributed by atoms with Crippen molar-refractivity contribution in [3.8, 4) is 17.1 Å². The fourth-order valence-electron chi connectivity index (χ4n) is 3.05. The molecule has 176 valence electrons. The summed E-state index contributed by atoms with van der Waals surface area (Å²) in [6.07, 6.45) is -1.33. The summed E-state index contributed by atoms with van der Waals surface area (Å²) in [7, 11) is 0. The summed E-state index contributed by atoms with van der Waals surface area (Å²) in [5, 5.41) is 14.0. The summed E-state index contributed by atoms with van der Waals surface area (Å²) in [5.74, 6) is 0.502. The van der Waals surface area contributed by atoms with E-state index in [0.29, 0.717) is 33.0 Å². The summed E-state index contributed by atoms with van der Waals surface area (Å²) in [6, 6.07) is 8.42. The van der Waals surface area contributed by atoms with Gasteiger partial charge in [0.2, 0.25) is 0 Å². The van der Waals surface area contributed by atoms with Crippen LogP contribution in [0.15, 0.2) is 59.3 Å². The van der Waals surface area contributed by atoms with Gasteiger partial charge < -0.3 is 5.32 Å². The van der Waals surface area contributed by atoms with Crippen molar-refractivity contribution >= 4 is 29.0 Å². The van der Waals surface area contributed by atoms with E-state index in [9.17, 15) is 18.0 Å². The first-order valence-corrected chi connectivity index (χ1v) is 12.0. The van der Waals surface area contributed by atoms with E-state index in [1.54, 1.807) is 40.5 Å². The minimum absolute atomic E-state index is 0.00959. The third-order valence-electron chi connectivity index (χ3n) is 4.53. The van der Waals surface area contributed by atoms with Gasteiger partial charge >= 0.3 is 6.18 Å². The van der Waals surface area contributed by atoms with Crippen molar-refractivity contribution in [2.45, 2.75) is 37.0 Å². The van der Waals surface area contributed by atoms with Crippen LogP contribution < -0.4 is 5.32 Å². The van der Waals surface area contributed by atoms with Gasteiger partial charge in [0.15, 0.2) is 11.0 Å². The standard InChI is InChI=1S/C22H19F3N6OS2/c1-13(2)27-20(32)17-11-33-18(28-17)12-34-21-30-29-19(14-6-8-26-9-7-14)31(21)16-5-3-4-15(10-16)22(23,24)25/h3-11,13H,12H2,1-2H3,(H,27,32). The molecule has 3 heterocycles. The number of rotatable bonds is 7. The van der Waals surface area contributed by atoms with Crippen LogP contribution in [-0.4, -0.2) is 36.7 Å². The predicted molar refractivity (Wildman–Crippen MR) is 124 cm³/mol. The number of amides is 1. The average Bonchev–Trinajstić information content (AvgIpc) is 3.45. The molecule has 1 amide bonds. The van der Waals surface area contributed by atoms with Gasteiger partial charge in [0.25, 0.3) is 5.91 Å². The number of hydrogen-bond donors (Lipinski definition) is 1. The number of carbonyl (C=O) groups is 1. The Balaban J connectivity index is 1.66. The van der Waals surface area contributed by atoms with Crippen molar-refractivity contribution in [1.82, 2.24) is 30.0 Å². The van der Waals surface area contributed by atoms with Crippen LogP contribution in [-0.2, 0) is 11.9 Å². The lowest BCUT2D eigenvalue weighted by Crippen LogP contribution is -2.30. The molecule has 7 nitrogen and oxygen atoms in total. The third-order valence-corrected chi connectivity index (χ3v) is 6.50. The van der Waals surface area contributed by atoms with Crippen LogP contribution in [0.1, 0.15) is 34.9 Å². The molecule has 0 unspecified atom stereocenters. The number of benzene rings is 1. The van der Waals surface area contributed by atoms with E-state index in [1.807, 2.05) is 13.8 Å². The summed E-state index contributed by atoms with van der Waals surface area (Å²) < 4.78 is 41.6. The largest absolute Gasteiger partial charge is 0.416 e. The second-order valence-corrected chi connectivity index (χ2v) is 9.35. The molecule has 0 aliphatic carbocycles. The zero-order valence-corrected chi connectivity index (χ0v) is 19.7. The maximum absolute atomic E-state index is 13.4. The Hall–Kier alpha value is -3.25. The van der Waals surface area contributed by atoms with Crippen molar-refractivity contribution < 1.29 is 18.0 Å². The summed E-state index contributed by atoms with van der Waals surface area (Å²) in [4.78, 5) is 20.5. The van der Waals surface area contributed by atoms with Gasteiger partial charge in [-0.3, -0.25) is 14.3 Å². The molecule has 0 saturated carbocycles. The van der Waals surface area contributed by atoms with Gasteiger partial charge in [0.1, 0.15) is 10.7 Å². The molecule has 0 atom stereocenters. The topological polar surface area (TPSA) is 85.6 Å². The van der Waals surface area contributed by atoms with Crippen LogP contribution in [0.3, 0.4) is 0 Å². The Morgan fingerprint density at radius 3 is 2.65 bits per heavy atom. The number of pyridine rings is 1. The van der Waals surface area contributed by atoms with E-state index in [2.05, 4.69) is 25.5 Å². The average molecular weight is 505 g/mol. The van der Waals surface area contributed by atoms with E-state index < -0.39 is 11.7 Å². The highest BCUT2D eigenvalue weighted by Crippen LogP contribution is 2.34. The molecule has 34 heavy (non-hydrogen) atoms. The summed E-state index contributed by atoms with van der Waals surface area (Å²) in [6.45, 7) is 3.73. The van der Waals surface area contributed by atoms with Crippen LogP contribution in [0.25, 0.3) is 17.1 Å². The first-order valence-electron chi connectivity index (χ1n) is 10.1. The number of carbonyl (C=O) groups excluding carboxylic acids is 1. The first-order chi connectivity index (χ1) is 16.2. The third kappa shape index (κ3) is 5.45. The Bertz CT molecular complexity index is 1290. The quantitative estimate of drug-likeness (QED) is 0.347. The Morgan fingerprint density at radius 1 is 1.18 bits per heavy atom. The molecule has 0 aliphatic heterocycles. The van der Waals surface area contributed by atoms with Gasteiger partial charge in [0.05, 0.1) is 17.0 Å². The molecule has 0 saturated heterocycles. The second-order valence-electron chi connectivity index (χ2n) is 7.47. The molecule has 0 fully saturated rings. The maximum Gasteiger partial charge on any atom is 0.416 e. The second kappa shape index (κ2) is 9.94. The highest BCUT2D eigenvalue weighted by Gasteiger charge is 2.31. The normalized spacial score (nSPS) is 11.7. The number of thiazole rings is 1. The predicted octanol–water partition coefficient (Wildman–Crippen LogP) is 5.24.